The Bertz CT molecular complexity index is 467. The third kappa shape index (κ3) is 3.20. The molecule has 2 N–H and O–H groups in total. The molecule has 1 rings (SSSR count). The lowest BCUT2D eigenvalue weighted by Crippen LogP contribution is -2.37. The van der Waals surface area contributed by atoms with Crippen LogP contribution in [0.25, 0.3) is 0 Å². The van der Waals surface area contributed by atoms with Crippen molar-refractivity contribution in [2.24, 2.45) is 0 Å². The summed E-state index contributed by atoms with van der Waals surface area (Å²) in [5.41, 5.74) is -0.570. The van der Waals surface area contributed by atoms with Crippen LogP contribution in [0.5, 0.6) is 0 Å². The molecular formula is C10H10F2N2O4. The van der Waals surface area contributed by atoms with Gasteiger partial charge in [-0.05, 0) is 6.07 Å². The van der Waals surface area contributed by atoms with Gasteiger partial charge in [0.2, 0.25) is 5.95 Å². The number of hydrogen-bond donors (Lipinski definition) is 2. The van der Waals surface area contributed by atoms with Crippen molar-refractivity contribution in [2.75, 3.05) is 13.7 Å². The number of nitrogens with one attached hydrogen (secondary N) is 1. The van der Waals surface area contributed by atoms with E-state index in [1.807, 2.05) is 0 Å². The van der Waals surface area contributed by atoms with E-state index in [1.165, 1.54) is 0 Å². The number of aromatic nitrogens is 1. The van der Waals surface area contributed by atoms with E-state index in [0.29, 0.717) is 0 Å². The van der Waals surface area contributed by atoms with Gasteiger partial charge < -0.3 is 15.2 Å². The fourth-order valence-corrected chi connectivity index (χ4v) is 1.10. The fraction of sp³-hybridized carbons (Fsp3) is 0.300. The van der Waals surface area contributed by atoms with Gasteiger partial charge in [-0.15, -0.1) is 0 Å². The Labute approximate surface area is 101 Å². The summed E-state index contributed by atoms with van der Waals surface area (Å²) in [5, 5.41) is 11.2. The van der Waals surface area contributed by atoms with Gasteiger partial charge in [0.05, 0.1) is 19.2 Å². The Hall–Kier alpha value is -2.09. The molecule has 1 atom stereocenters. The number of aliphatic hydroxyl groups excluding tert-OH is 1. The predicted molar refractivity (Wildman–Crippen MR) is 54.5 cm³/mol. The molecule has 6 nitrogen and oxygen atoms in total. The Balaban J connectivity index is 2.66. The molecule has 98 valence electrons. The number of rotatable bonds is 4. The second-order valence-corrected chi connectivity index (χ2v) is 3.21. The van der Waals surface area contributed by atoms with E-state index in [4.69, 9.17) is 5.11 Å². The first-order valence-electron chi connectivity index (χ1n) is 4.81. The van der Waals surface area contributed by atoms with Crippen molar-refractivity contribution in [1.82, 2.24) is 10.3 Å². The normalized spacial score (nSPS) is 11.8. The van der Waals surface area contributed by atoms with Gasteiger partial charge in [0.1, 0.15) is 0 Å². The SMILES string of the molecule is COC(=O)C(O)CNC(=O)c1ccnc(F)c1F. The van der Waals surface area contributed by atoms with Gasteiger partial charge in [0.25, 0.3) is 5.91 Å². The smallest absolute Gasteiger partial charge is 0.336 e. The third-order valence-electron chi connectivity index (χ3n) is 2.02. The highest BCUT2D eigenvalue weighted by Crippen LogP contribution is 2.08. The highest BCUT2D eigenvalue weighted by Gasteiger charge is 2.19. The molecule has 1 aromatic heterocycles. The Morgan fingerprint density at radius 2 is 2.22 bits per heavy atom. The van der Waals surface area contributed by atoms with Gasteiger partial charge in [0.15, 0.2) is 11.9 Å². The summed E-state index contributed by atoms with van der Waals surface area (Å²) in [5.74, 6) is -4.73. The number of carbonyl (C=O) groups excluding carboxylic acids is 2. The van der Waals surface area contributed by atoms with E-state index in [9.17, 15) is 18.4 Å². The van der Waals surface area contributed by atoms with E-state index >= 15 is 0 Å². The number of esters is 1. The minimum absolute atomic E-state index is 0.477. The fourth-order valence-electron chi connectivity index (χ4n) is 1.10. The van der Waals surface area contributed by atoms with E-state index in [0.717, 1.165) is 19.4 Å². The standard InChI is InChI=1S/C10H10F2N2O4/c1-18-10(17)6(15)4-14-9(16)5-2-3-13-8(12)7(5)11/h2-3,6,15H,4H2,1H3,(H,14,16). The molecule has 18 heavy (non-hydrogen) atoms. The van der Waals surface area contributed by atoms with Crippen LogP contribution >= 0.6 is 0 Å². The van der Waals surface area contributed by atoms with E-state index in [2.05, 4.69) is 15.0 Å². The third-order valence-corrected chi connectivity index (χ3v) is 2.02. The van der Waals surface area contributed by atoms with Crippen LogP contribution in [0.4, 0.5) is 8.78 Å². The highest BCUT2D eigenvalue weighted by atomic mass is 19.2. The molecule has 0 saturated carbocycles. The monoisotopic (exact) mass is 260 g/mol. The molecule has 1 amide bonds. The molecule has 0 radical (unpaired) electrons. The molecule has 0 spiro atoms. The van der Waals surface area contributed by atoms with Gasteiger partial charge in [-0.2, -0.15) is 4.39 Å². The molecule has 0 aliphatic carbocycles. The second-order valence-electron chi connectivity index (χ2n) is 3.21. The lowest BCUT2D eigenvalue weighted by atomic mass is 10.2. The summed E-state index contributed by atoms with van der Waals surface area (Å²) < 4.78 is 30.1. The van der Waals surface area contributed by atoms with E-state index in [1.54, 1.807) is 0 Å². The summed E-state index contributed by atoms with van der Waals surface area (Å²) in [4.78, 5) is 25.3. The number of nitrogens with zero attached hydrogens (tertiary/aromatic N) is 1. The minimum atomic E-state index is -1.58. The summed E-state index contributed by atoms with van der Waals surface area (Å²) in [6.07, 6.45) is -0.655. The van der Waals surface area contributed by atoms with Crippen LogP contribution in [0, 0.1) is 11.8 Å². The average Bonchev–Trinajstić information content (AvgIpc) is 2.37. The van der Waals surface area contributed by atoms with Crippen molar-refractivity contribution in [3.8, 4) is 0 Å². The van der Waals surface area contributed by atoms with E-state index in [-0.39, 0.29) is 0 Å². The van der Waals surface area contributed by atoms with Gasteiger partial charge in [-0.1, -0.05) is 0 Å². The minimum Gasteiger partial charge on any atom is -0.467 e. The van der Waals surface area contributed by atoms with Crippen molar-refractivity contribution >= 4 is 11.9 Å². The van der Waals surface area contributed by atoms with Crippen LogP contribution in [0.3, 0.4) is 0 Å². The Morgan fingerprint density at radius 3 is 2.83 bits per heavy atom. The molecule has 1 unspecified atom stereocenters. The largest absolute Gasteiger partial charge is 0.467 e. The lowest BCUT2D eigenvalue weighted by molar-refractivity contribution is -0.149. The van der Waals surface area contributed by atoms with Crippen molar-refractivity contribution in [3.05, 3.63) is 29.6 Å². The van der Waals surface area contributed by atoms with Gasteiger partial charge in [-0.3, -0.25) is 4.79 Å². The number of carbonyl (C=O) groups is 2. The molecule has 1 heterocycles. The summed E-state index contributed by atoms with van der Waals surface area (Å²) >= 11 is 0. The average molecular weight is 260 g/mol. The number of aliphatic hydroxyl groups is 1. The highest BCUT2D eigenvalue weighted by molar-refractivity contribution is 5.94. The van der Waals surface area contributed by atoms with Gasteiger partial charge in [0, 0.05) is 6.20 Å². The predicted octanol–water partition coefficient (Wildman–Crippen LogP) is -0.377. The number of halogens is 2. The maximum absolute atomic E-state index is 13.1. The number of amides is 1. The number of ether oxygens (including phenoxy) is 1. The molecular weight excluding hydrogens is 250 g/mol. The molecule has 1 aromatic rings. The number of methoxy groups -OCH3 is 1. The summed E-state index contributed by atoms with van der Waals surface area (Å²) in [7, 11) is 1.06. The van der Waals surface area contributed by atoms with Crippen LogP contribution in [0.1, 0.15) is 10.4 Å². The van der Waals surface area contributed by atoms with E-state index < -0.39 is 41.9 Å². The molecule has 0 saturated heterocycles. The summed E-state index contributed by atoms with van der Waals surface area (Å²) in [6.45, 7) is -0.477. The molecule has 0 aromatic carbocycles. The van der Waals surface area contributed by atoms with Gasteiger partial charge in [-0.25, -0.2) is 14.2 Å². The van der Waals surface area contributed by atoms with Crippen molar-refractivity contribution in [3.63, 3.8) is 0 Å². The molecule has 0 aliphatic heterocycles. The van der Waals surface area contributed by atoms with Crippen LogP contribution < -0.4 is 5.32 Å². The zero-order valence-electron chi connectivity index (χ0n) is 9.31. The Kier molecular flexibility index (Phi) is 4.67. The maximum atomic E-state index is 13.1. The number of hydrogen-bond acceptors (Lipinski definition) is 5. The molecule has 0 bridgehead atoms. The van der Waals surface area contributed by atoms with Crippen molar-refractivity contribution < 1.29 is 28.2 Å². The van der Waals surface area contributed by atoms with Gasteiger partial charge >= 0.3 is 5.97 Å². The second kappa shape index (κ2) is 6.01. The van der Waals surface area contributed by atoms with Crippen LogP contribution in [-0.4, -0.2) is 41.7 Å². The maximum Gasteiger partial charge on any atom is 0.336 e. The van der Waals surface area contributed by atoms with Crippen LogP contribution in [0.2, 0.25) is 0 Å². The van der Waals surface area contributed by atoms with Crippen molar-refractivity contribution in [1.29, 1.82) is 0 Å². The van der Waals surface area contributed by atoms with Crippen molar-refractivity contribution in [2.45, 2.75) is 6.10 Å². The first kappa shape index (κ1) is 14.0. The zero-order valence-corrected chi connectivity index (χ0v) is 9.31. The Morgan fingerprint density at radius 1 is 1.56 bits per heavy atom. The first-order chi connectivity index (χ1) is 8.47. The topological polar surface area (TPSA) is 88.5 Å². The van der Waals surface area contributed by atoms with Crippen LogP contribution in [0.15, 0.2) is 12.3 Å². The molecule has 8 heteroatoms. The molecule has 0 fully saturated rings. The first-order valence-corrected chi connectivity index (χ1v) is 4.81. The van der Waals surface area contributed by atoms with Crippen LogP contribution in [-0.2, 0) is 9.53 Å². The number of pyridine rings is 1. The molecule has 0 aliphatic rings. The summed E-state index contributed by atoms with van der Waals surface area (Å²) in [6, 6.07) is 0.971. The lowest BCUT2D eigenvalue weighted by Gasteiger charge is -2.10. The quantitative estimate of drug-likeness (QED) is 0.569. The zero-order chi connectivity index (χ0) is 13.7.